The van der Waals surface area contributed by atoms with Gasteiger partial charge in [-0.3, -0.25) is 9.69 Å². The lowest BCUT2D eigenvalue weighted by Crippen LogP contribution is -2.38. The highest BCUT2D eigenvalue weighted by molar-refractivity contribution is 6.30. The van der Waals surface area contributed by atoms with Gasteiger partial charge in [-0.1, -0.05) is 23.7 Å². The molecule has 154 valence electrons. The Balaban J connectivity index is 1.26. The molecule has 2 aromatic rings. The normalized spacial score (nSPS) is 20.7. The van der Waals surface area contributed by atoms with Crippen LogP contribution in [0.15, 0.2) is 36.4 Å². The van der Waals surface area contributed by atoms with E-state index in [2.05, 4.69) is 28.4 Å². The summed E-state index contributed by atoms with van der Waals surface area (Å²) in [6, 6.07) is 12.0. The molecule has 29 heavy (non-hydrogen) atoms. The number of amides is 1. The number of nitrogens with zero attached hydrogens (tertiary/aromatic N) is 1. The van der Waals surface area contributed by atoms with Crippen LogP contribution in [0.4, 0.5) is 0 Å². The lowest BCUT2D eigenvalue weighted by Gasteiger charge is -2.29. The van der Waals surface area contributed by atoms with Crippen LogP contribution in [0, 0.1) is 5.92 Å². The van der Waals surface area contributed by atoms with Gasteiger partial charge in [0, 0.05) is 37.1 Å². The van der Waals surface area contributed by atoms with E-state index >= 15 is 0 Å². The Morgan fingerprint density at radius 2 is 1.93 bits per heavy atom. The van der Waals surface area contributed by atoms with E-state index in [1.165, 1.54) is 11.1 Å². The second kappa shape index (κ2) is 8.64. The number of methoxy groups -OCH3 is 2. The Bertz CT molecular complexity index is 902. The molecule has 2 unspecified atom stereocenters. The molecule has 1 heterocycles. The predicted octanol–water partition coefficient (Wildman–Crippen LogP) is 3.64. The third-order valence-corrected chi connectivity index (χ3v) is 6.16. The van der Waals surface area contributed by atoms with Gasteiger partial charge in [0.1, 0.15) is 0 Å². The van der Waals surface area contributed by atoms with Gasteiger partial charge < -0.3 is 14.8 Å². The Labute approximate surface area is 176 Å². The zero-order chi connectivity index (χ0) is 20.4. The molecular weight excluding hydrogens is 388 g/mol. The molecule has 0 saturated heterocycles. The molecule has 0 radical (unpaired) electrons. The van der Waals surface area contributed by atoms with Gasteiger partial charge in [-0.05, 0) is 59.7 Å². The molecule has 4 rings (SSSR count). The first-order chi connectivity index (χ1) is 14.1. The summed E-state index contributed by atoms with van der Waals surface area (Å²) in [5, 5.41) is 3.84. The van der Waals surface area contributed by atoms with Crippen molar-refractivity contribution in [1.82, 2.24) is 10.2 Å². The molecule has 2 atom stereocenters. The van der Waals surface area contributed by atoms with Crippen molar-refractivity contribution in [3.05, 3.63) is 58.1 Å². The SMILES string of the molecule is COc1cc2c(cc1OC)CN(CCNC(=O)C1CC1c1cccc(Cl)c1)CC2. The molecule has 1 N–H and O–H groups in total. The Hall–Kier alpha value is -2.24. The molecule has 1 saturated carbocycles. The van der Waals surface area contributed by atoms with Crippen molar-refractivity contribution >= 4 is 17.5 Å². The zero-order valence-corrected chi connectivity index (χ0v) is 17.7. The number of hydrogen-bond acceptors (Lipinski definition) is 4. The maximum absolute atomic E-state index is 12.5. The molecule has 6 heteroatoms. The number of fused-ring (bicyclic) bond motifs is 1. The van der Waals surface area contributed by atoms with Crippen molar-refractivity contribution in [3.8, 4) is 11.5 Å². The van der Waals surface area contributed by atoms with Crippen molar-refractivity contribution in [2.45, 2.75) is 25.3 Å². The van der Waals surface area contributed by atoms with Crippen LogP contribution in [0.2, 0.25) is 5.02 Å². The van der Waals surface area contributed by atoms with Crippen LogP contribution in [0.3, 0.4) is 0 Å². The van der Waals surface area contributed by atoms with E-state index < -0.39 is 0 Å². The third kappa shape index (κ3) is 4.51. The molecular formula is C23H27ClN2O3. The van der Waals surface area contributed by atoms with Crippen LogP contribution in [0.1, 0.15) is 29.0 Å². The number of hydrogen-bond donors (Lipinski definition) is 1. The van der Waals surface area contributed by atoms with Crippen LogP contribution in [0.25, 0.3) is 0 Å². The number of nitrogens with one attached hydrogen (secondary N) is 1. The van der Waals surface area contributed by atoms with Crippen LogP contribution < -0.4 is 14.8 Å². The van der Waals surface area contributed by atoms with Crippen molar-refractivity contribution in [1.29, 1.82) is 0 Å². The molecule has 2 aromatic carbocycles. The van der Waals surface area contributed by atoms with Crippen molar-refractivity contribution in [3.63, 3.8) is 0 Å². The van der Waals surface area contributed by atoms with Gasteiger partial charge in [0.25, 0.3) is 0 Å². The highest BCUT2D eigenvalue weighted by Crippen LogP contribution is 2.47. The fourth-order valence-electron chi connectivity index (χ4n) is 4.19. The smallest absolute Gasteiger partial charge is 0.223 e. The highest BCUT2D eigenvalue weighted by atomic mass is 35.5. The first-order valence-corrected chi connectivity index (χ1v) is 10.5. The van der Waals surface area contributed by atoms with E-state index in [4.69, 9.17) is 21.1 Å². The van der Waals surface area contributed by atoms with Gasteiger partial charge >= 0.3 is 0 Å². The first-order valence-electron chi connectivity index (χ1n) is 10.1. The minimum Gasteiger partial charge on any atom is -0.493 e. The van der Waals surface area contributed by atoms with Gasteiger partial charge in [-0.15, -0.1) is 0 Å². The average molecular weight is 415 g/mol. The topological polar surface area (TPSA) is 50.8 Å². The van der Waals surface area contributed by atoms with Crippen molar-refractivity contribution in [2.24, 2.45) is 5.92 Å². The zero-order valence-electron chi connectivity index (χ0n) is 16.9. The standard InChI is InChI=1S/C23H27ClN2O3/c1-28-21-11-15-6-8-26(14-17(15)12-22(21)29-2)9-7-25-23(27)20-13-19(20)16-4-3-5-18(24)10-16/h3-5,10-12,19-20H,6-9,13-14H2,1-2H3,(H,25,27). The fraction of sp³-hybridized carbons (Fsp3) is 0.435. The number of carbonyl (C=O) groups is 1. The quantitative estimate of drug-likeness (QED) is 0.751. The third-order valence-electron chi connectivity index (χ3n) is 5.93. The lowest BCUT2D eigenvalue weighted by molar-refractivity contribution is -0.122. The van der Waals surface area contributed by atoms with Gasteiger partial charge in [-0.2, -0.15) is 0 Å². The Kier molecular flexibility index (Phi) is 5.97. The summed E-state index contributed by atoms with van der Waals surface area (Å²) in [5.74, 6) is 2.08. The molecule has 0 aromatic heterocycles. The highest BCUT2D eigenvalue weighted by Gasteiger charge is 2.43. The lowest BCUT2D eigenvalue weighted by atomic mass is 9.99. The summed E-state index contributed by atoms with van der Waals surface area (Å²) in [7, 11) is 3.33. The van der Waals surface area contributed by atoms with Crippen LogP contribution in [0.5, 0.6) is 11.5 Å². The van der Waals surface area contributed by atoms with Gasteiger partial charge in [0.15, 0.2) is 11.5 Å². The van der Waals surface area contributed by atoms with E-state index in [0.29, 0.717) is 12.5 Å². The average Bonchev–Trinajstić information content (AvgIpc) is 3.53. The second-order valence-electron chi connectivity index (χ2n) is 7.80. The number of halogens is 1. The molecule has 0 bridgehead atoms. The maximum Gasteiger partial charge on any atom is 0.223 e. The van der Waals surface area contributed by atoms with Crippen molar-refractivity contribution in [2.75, 3.05) is 33.9 Å². The molecule has 1 amide bonds. The van der Waals surface area contributed by atoms with E-state index in [9.17, 15) is 4.79 Å². The molecule has 1 aliphatic heterocycles. The number of carbonyl (C=O) groups excluding carboxylic acids is 1. The van der Waals surface area contributed by atoms with E-state index in [-0.39, 0.29) is 11.8 Å². The first kappa shape index (κ1) is 20.0. The summed E-state index contributed by atoms with van der Waals surface area (Å²) < 4.78 is 10.8. The minimum atomic E-state index is 0.0762. The maximum atomic E-state index is 12.5. The van der Waals surface area contributed by atoms with Gasteiger partial charge in [-0.25, -0.2) is 0 Å². The molecule has 1 aliphatic carbocycles. The van der Waals surface area contributed by atoms with E-state index in [1.807, 2.05) is 18.2 Å². The summed E-state index contributed by atoms with van der Waals surface area (Å²) in [6.07, 6.45) is 1.88. The Morgan fingerprint density at radius 3 is 2.66 bits per heavy atom. The molecule has 0 spiro atoms. The number of ether oxygens (including phenoxy) is 2. The van der Waals surface area contributed by atoms with Crippen LogP contribution in [-0.2, 0) is 17.8 Å². The number of benzene rings is 2. The second-order valence-corrected chi connectivity index (χ2v) is 8.23. The van der Waals surface area contributed by atoms with Crippen LogP contribution >= 0.6 is 11.6 Å². The predicted molar refractivity (Wildman–Crippen MR) is 114 cm³/mol. The van der Waals surface area contributed by atoms with Gasteiger partial charge in [0.2, 0.25) is 5.91 Å². The number of rotatable bonds is 7. The Morgan fingerprint density at radius 1 is 1.17 bits per heavy atom. The molecule has 2 aliphatic rings. The summed E-state index contributed by atoms with van der Waals surface area (Å²) >= 11 is 6.06. The van der Waals surface area contributed by atoms with E-state index in [1.54, 1.807) is 14.2 Å². The van der Waals surface area contributed by atoms with Gasteiger partial charge in [0.05, 0.1) is 14.2 Å². The molecule has 5 nitrogen and oxygen atoms in total. The summed E-state index contributed by atoms with van der Waals surface area (Å²) in [5.41, 5.74) is 3.74. The van der Waals surface area contributed by atoms with Crippen molar-refractivity contribution < 1.29 is 14.3 Å². The minimum absolute atomic E-state index is 0.0762. The molecule has 1 fully saturated rings. The summed E-state index contributed by atoms with van der Waals surface area (Å²) in [6.45, 7) is 3.35. The monoisotopic (exact) mass is 414 g/mol. The van der Waals surface area contributed by atoms with E-state index in [0.717, 1.165) is 54.6 Å². The van der Waals surface area contributed by atoms with Crippen LogP contribution in [-0.4, -0.2) is 44.7 Å². The summed E-state index contributed by atoms with van der Waals surface area (Å²) in [4.78, 5) is 14.8. The largest absolute Gasteiger partial charge is 0.493 e. The fourth-order valence-corrected chi connectivity index (χ4v) is 4.39.